The Hall–Kier alpha value is -0.780. The average Bonchev–Trinajstić information content (AvgIpc) is 2.10. The summed E-state index contributed by atoms with van der Waals surface area (Å²) in [5.74, 6) is 0. The Morgan fingerprint density at radius 2 is 2.00 bits per heavy atom. The molecule has 0 saturated carbocycles. The minimum Gasteiger partial charge on any atom is -0.200 e. The number of halogens is 2. The van der Waals surface area contributed by atoms with E-state index in [4.69, 9.17) is 23.2 Å². The van der Waals surface area contributed by atoms with E-state index in [9.17, 15) is 8.42 Å². The van der Waals surface area contributed by atoms with Crippen LogP contribution in [0.4, 0.5) is 0 Å². The molecule has 0 saturated heterocycles. The van der Waals surface area contributed by atoms with Crippen molar-refractivity contribution in [1.29, 1.82) is 0 Å². The van der Waals surface area contributed by atoms with Gasteiger partial charge < -0.3 is 0 Å². The molecule has 4 nitrogen and oxygen atoms in total. The van der Waals surface area contributed by atoms with E-state index in [0.717, 1.165) is 0 Å². The maximum Gasteiger partial charge on any atom is 0.278 e. The van der Waals surface area contributed by atoms with Crippen LogP contribution in [0.1, 0.15) is 5.56 Å². The predicted molar refractivity (Wildman–Crippen MR) is 54.4 cm³/mol. The summed E-state index contributed by atoms with van der Waals surface area (Å²) < 4.78 is 23.0. The van der Waals surface area contributed by atoms with E-state index in [1.807, 2.05) is 4.83 Å². The van der Waals surface area contributed by atoms with Gasteiger partial charge in [-0.25, -0.2) is 0 Å². The molecule has 0 fully saturated rings. The van der Waals surface area contributed by atoms with Crippen LogP contribution >= 0.6 is 23.2 Å². The molecule has 1 aliphatic heterocycles. The Kier molecular flexibility index (Phi) is 2.17. The maximum absolute atomic E-state index is 11.5. The number of hydrogen-bond acceptors (Lipinski definition) is 3. The molecule has 2 rings (SSSR count). The fourth-order valence-electron chi connectivity index (χ4n) is 1.13. The molecule has 0 aromatic heterocycles. The Bertz CT molecular complexity index is 525. The summed E-state index contributed by atoms with van der Waals surface area (Å²) >= 11 is 11.5. The molecular formula is C7H4Cl2N2O2S. The third-order valence-corrected chi connectivity index (χ3v) is 3.97. The largest absolute Gasteiger partial charge is 0.278 e. The van der Waals surface area contributed by atoms with E-state index >= 15 is 0 Å². The van der Waals surface area contributed by atoms with Gasteiger partial charge >= 0.3 is 0 Å². The van der Waals surface area contributed by atoms with Crippen LogP contribution in [0.15, 0.2) is 22.1 Å². The van der Waals surface area contributed by atoms with Crippen molar-refractivity contribution in [1.82, 2.24) is 4.83 Å². The zero-order valence-electron chi connectivity index (χ0n) is 6.66. The summed E-state index contributed by atoms with van der Waals surface area (Å²) in [5, 5.41) is 3.69. The standard InChI is InChI=1S/C7H4Cl2N2O2S/c8-5-2-1-4-3-10-11-14(12,13)7(4)6(5)9/h1-3,11H. The van der Waals surface area contributed by atoms with E-state index in [2.05, 4.69) is 5.10 Å². The average molecular weight is 251 g/mol. The first kappa shape index (κ1) is 9.76. The van der Waals surface area contributed by atoms with E-state index in [0.29, 0.717) is 5.56 Å². The molecule has 0 bridgehead atoms. The molecule has 0 aliphatic carbocycles. The van der Waals surface area contributed by atoms with Crippen LogP contribution in [0.2, 0.25) is 10.0 Å². The second-order valence-electron chi connectivity index (χ2n) is 2.63. The van der Waals surface area contributed by atoms with Crippen molar-refractivity contribution in [3.8, 4) is 0 Å². The molecule has 14 heavy (non-hydrogen) atoms. The van der Waals surface area contributed by atoms with Crippen LogP contribution in [-0.4, -0.2) is 14.6 Å². The van der Waals surface area contributed by atoms with E-state index < -0.39 is 10.0 Å². The molecule has 1 N–H and O–H groups in total. The van der Waals surface area contributed by atoms with Crippen LogP contribution in [-0.2, 0) is 10.0 Å². The molecule has 74 valence electrons. The molecular weight excluding hydrogens is 247 g/mol. The van der Waals surface area contributed by atoms with E-state index in [1.54, 1.807) is 6.07 Å². The number of rotatable bonds is 0. The summed E-state index contributed by atoms with van der Waals surface area (Å²) in [6.07, 6.45) is 1.37. The number of sulfonamides is 1. The van der Waals surface area contributed by atoms with Crippen molar-refractivity contribution in [2.75, 3.05) is 0 Å². The molecule has 0 spiro atoms. The van der Waals surface area contributed by atoms with Crippen molar-refractivity contribution < 1.29 is 8.42 Å². The highest BCUT2D eigenvalue weighted by Gasteiger charge is 2.25. The normalized spacial score (nSPS) is 17.3. The summed E-state index contributed by atoms with van der Waals surface area (Å²) in [6, 6.07) is 3.07. The van der Waals surface area contributed by atoms with E-state index in [-0.39, 0.29) is 14.9 Å². The summed E-state index contributed by atoms with van der Waals surface area (Å²) in [7, 11) is -3.66. The monoisotopic (exact) mass is 250 g/mol. The van der Waals surface area contributed by atoms with Gasteiger partial charge in [0.2, 0.25) is 0 Å². The molecule has 0 unspecified atom stereocenters. The SMILES string of the molecule is O=S1(=O)NN=Cc2ccc(Cl)c(Cl)c21. The van der Waals surface area contributed by atoms with Gasteiger partial charge in [-0.15, -0.1) is 0 Å². The topological polar surface area (TPSA) is 58.5 Å². The number of hydrazone groups is 1. The summed E-state index contributed by atoms with van der Waals surface area (Å²) in [4.78, 5) is 1.95. The Morgan fingerprint density at radius 3 is 2.71 bits per heavy atom. The maximum atomic E-state index is 11.5. The number of fused-ring (bicyclic) bond motifs is 1. The van der Waals surface area contributed by atoms with Gasteiger partial charge in [0.05, 0.1) is 16.3 Å². The fourth-order valence-corrected chi connectivity index (χ4v) is 2.88. The molecule has 7 heteroatoms. The zero-order chi connectivity index (χ0) is 10.3. The number of nitrogens with zero attached hydrogens (tertiary/aromatic N) is 1. The van der Waals surface area contributed by atoms with E-state index in [1.165, 1.54) is 12.3 Å². The lowest BCUT2D eigenvalue weighted by Gasteiger charge is -2.13. The van der Waals surface area contributed by atoms with Crippen LogP contribution in [0, 0.1) is 0 Å². The van der Waals surface area contributed by atoms with Gasteiger partial charge in [-0.2, -0.15) is 18.4 Å². The number of nitrogens with one attached hydrogen (secondary N) is 1. The summed E-state index contributed by atoms with van der Waals surface area (Å²) in [6.45, 7) is 0. The van der Waals surface area contributed by atoms with Gasteiger partial charge in [0.25, 0.3) is 10.0 Å². The third-order valence-electron chi connectivity index (χ3n) is 1.73. The van der Waals surface area contributed by atoms with Crippen LogP contribution in [0.3, 0.4) is 0 Å². The van der Waals surface area contributed by atoms with Crippen LogP contribution < -0.4 is 4.83 Å². The third kappa shape index (κ3) is 1.37. The summed E-state index contributed by atoms with van der Waals surface area (Å²) in [5.41, 5.74) is 0.429. The van der Waals surface area contributed by atoms with Crippen molar-refractivity contribution in [3.63, 3.8) is 0 Å². The predicted octanol–water partition coefficient (Wildman–Crippen LogP) is 1.62. The van der Waals surface area contributed by atoms with Gasteiger partial charge in [0.15, 0.2) is 0 Å². The highest BCUT2D eigenvalue weighted by Crippen LogP contribution is 2.32. The van der Waals surface area contributed by atoms with Crippen molar-refractivity contribution in [2.24, 2.45) is 5.10 Å². The van der Waals surface area contributed by atoms with Gasteiger partial charge in [0.1, 0.15) is 4.90 Å². The minimum absolute atomic E-state index is 0.0165. The van der Waals surface area contributed by atoms with Gasteiger partial charge in [0, 0.05) is 5.56 Å². The first-order chi connectivity index (χ1) is 6.52. The Balaban J connectivity index is 2.87. The first-order valence-corrected chi connectivity index (χ1v) is 5.79. The Labute approximate surface area is 90.6 Å². The molecule has 1 heterocycles. The van der Waals surface area contributed by atoms with Crippen LogP contribution in [0.25, 0.3) is 0 Å². The lowest BCUT2D eigenvalue weighted by molar-refractivity contribution is 0.583. The number of benzene rings is 1. The second-order valence-corrected chi connectivity index (χ2v) is 5.02. The highest BCUT2D eigenvalue weighted by molar-refractivity contribution is 7.89. The molecule has 0 atom stereocenters. The van der Waals surface area contributed by atoms with Crippen LogP contribution in [0.5, 0.6) is 0 Å². The number of hydrogen-bond donors (Lipinski definition) is 1. The zero-order valence-corrected chi connectivity index (χ0v) is 8.99. The smallest absolute Gasteiger partial charge is 0.200 e. The van der Waals surface area contributed by atoms with Crippen molar-refractivity contribution in [3.05, 3.63) is 27.7 Å². The first-order valence-electron chi connectivity index (χ1n) is 3.55. The molecule has 1 aliphatic rings. The lowest BCUT2D eigenvalue weighted by Crippen LogP contribution is -2.24. The minimum atomic E-state index is -3.66. The van der Waals surface area contributed by atoms with Crippen molar-refractivity contribution >= 4 is 39.4 Å². The molecule has 0 radical (unpaired) electrons. The lowest BCUT2D eigenvalue weighted by atomic mass is 10.2. The quantitative estimate of drug-likeness (QED) is 0.761. The second kappa shape index (κ2) is 3.12. The molecule has 1 aromatic rings. The molecule has 1 aromatic carbocycles. The van der Waals surface area contributed by atoms with Gasteiger partial charge in [-0.3, -0.25) is 0 Å². The van der Waals surface area contributed by atoms with Gasteiger partial charge in [-0.05, 0) is 6.07 Å². The van der Waals surface area contributed by atoms with Gasteiger partial charge in [-0.1, -0.05) is 29.3 Å². The Morgan fingerprint density at radius 1 is 1.29 bits per heavy atom. The van der Waals surface area contributed by atoms with Crippen molar-refractivity contribution in [2.45, 2.75) is 4.90 Å². The molecule has 0 amide bonds. The highest BCUT2D eigenvalue weighted by atomic mass is 35.5. The fraction of sp³-hybridized carbons (Fsp3) is 0.